The van der Waals surface area contributed by atoms with E-state index >= 15 is 0 Å². The van der Waals surface area contributed by atoms with E-state index in [-0.39, 0.29) is 23.3 Å². The minimum Gasteiger partial charge on any atom is -0.477 e. The first kappa shape index (κ1) is 13.9. The number of carbonyl (C=O) groups is 2. The Bertz CT molecular complexity index is 448. The fraction of sp³-hybridized carbons (Fsp3) is 0.455. The highest BCUT2D eigenvalue weighted by molar-refractivity contribution is 5.94. The van der Waals surface area contributed by atoms with Crippen molar-refractivity contribution >= 4 is 17.7 Å². The largest absolute Gasteiger partial charge is 0.477 e. The van der Waals surface area contributed by atoms with Gasteiger partial charge in [0.1, 0.15) is 23.8 Å². The molecule has 1 unspecified atom stereocenters. The average molecular weight is 252 g/mol. The highest BCUT2D eigenvalue weighted by atomic mass is 16.4. The number of rotatable bonds is 5. The fourth-order valence-electron chi connectivity index (χ4n) is 1.28. The highest BCUT2D eigenvalue weighted by Gasteiger charge is 2.18. The first-order chi connectivity index (χ1) is 8.41. The van der Waals surface area contributed by atoms with Crippen LogP contribution in [0.3, 0.4) is 0 Å². The lowest BCUT2D eigenvalue weighted by Gasteiger charge is -2.17. The Hall–Kier alpha value is -2.18. The van der Waals surface area contributed by atoms with E-state index in [2.05, 4.69) is 20.6 Å². The number of carbonyl (C=O) groups excluding carboxylic acids is 1. The maximum absolute atomic E-state index is 11.7. The molecule has 7 heteroatoms. The molecule has 0 spiro atoms. The molecular formula is C11H16N4O3. The maximum Gasteiger partial charge on any atom is 0.341 e. The molecule has 98 valence electrons. The van der Waals surface area contributed by atoms with E-state index in [1.165, 1.54) is 12.5 Å². The number of anilines is 1. The summed E-state index contributed by atoms with van der Waals surface area (Å²) in [5.74, 6) is -1.24. The second-order valence-corrected chi connectivity index (χ2v) is 4.12. The maximum atomic E-state index is 11.7. The fourth-order valence-corrected chi connectivity index (χ4v) is 1.28. The number of carboxylic acids is 1. The van der Waals surface area contributed by atoms with E-state index in [0.717, 1.165) is 0 Å². The zero-order chi connectivity index (χ0) is 13.7. The summed E-state index contributed by atoms with van der Waals surface area (Å²) >= 11 is 0. The third kappa shape index (κ3) is 3.69. The molecule has 0 radical (unpaired) electrons. The predicted molar refractivity (Wildman–Crippen MR) is 65.4 cm³/mol. The smallest absolute Gasteiger partial charge is 0.341 e. The number of amides is 1. The minimum atomic E-state index is -1.14. The molecule has 1 aromatic heterocycles. The Morgan fingerprint density at radius 1 is 1.33 bits per heavy atom. The number of carboxylic acid groups (broad SMARTS) is 1. The summed E-state index contributed by atoms with van der Waals surface area (Å²) < 4.78 is 0. The van der Waals surface area contributed by atoms with Crippen molar-refractivity contribution in [3.05, 3.63) is 18.1 Å². The van der Waals surface area contributed by atoms with Gasteiger partial charge in [-0.15, -0.1) is 0 Å². The third-order valence-corrected chi connectivity index (χ3v) is 2.12. The van der Waals surface area contributed by atoms with Gasteiger partial charge in [0.15, 0.2) is 0 Å². The monoisotopic (exact) mass is 252 g/mol. The van der Waals surface area contributed by atoms with Gasteiger partial charge < -0.3 is 15.7 Å². The van der Waals surface area contributed by atoms with E-state index in [4.69, 9.17) is 5.11 Å². The Kier molecular flexibility index (Phi) is 4.59. The summed E-state index contributed by atoms with van der Waals surface area (Å²) in [5, 5.41) is 14.4. The molecule has 0 aliphatic rings. The van der Waals surface area contributed by atoms with Crippen LogP contribution in [-0.2, 0) is 4.79 Å². The standard InChI is InChI=1S/C11H16N4O3/c1-6(2)14-10(16)7(3)15-9-8(11(17)18)4-12-5-13-9/h4-7H,1-3H3,(H,14,16)(H,17,18)(H,12,13,15). The van der Waals surface area contributed by atoms with Gasteiger partial charge in [-0.1, -0.05) is 0 Å². The number of aromatic nitrogens is 2. The lowest BCUT2D eigenvalue weighted by atomic mass is 10.2. The Morgan fingerprint density at radius 2 is 2.00 bits per heavy atom. The minimum absolute atomic E-state index is 0.0195. The van der Waals surface area contributed by atoms with Crippen LogP contribution in [0.1, 0.15) is 31.1 Å². The van der Waals surface area contributed by atoms with Crippen LogP contribution in [0, 0.1) is 0 Å². The molecule has 0 aromatic carbocycles. The summed E-state index contributed by atoms with van der Waals surface area (Å²) in [6.45, 7) is 5.32. The predicted octanol–water partition coefficient (Wildman–Crippen LogP) is 0.500. The summed E-state index contributed by atoms with van der Waals surface area (Å²) in [4.78, 5) is 30.1. The molecule has 3 N–H and O–H groups in total. The van der Waals surface area contributed by atoms with Crippen LogP contribution in [0.15, 0.2) is 12.5 Å². The lowest BCUT2D eigenvalue weighted by Crippen LogP contribution is -2.41. The lowest BCUT2D eigenvalue weighted by molar-refractivity contribution is -0.122. The van der Waals surface area contributed by atoms with Crippen LogP contribution < -0.4 is 10.6 Å². The molecule has 0 aliphatic carbocycles. The van der Waals surface area contributed by atoms with Gasteiger partial charge in [-0.3, -0.25) is 4.79 Å². The first-order valence-corrected chi connectivity index (χ1v) is 5.52. The van der Waals surface area contributed by atoms with Gasteiger partial charge in [0, 0.05) is 12.2 Å². The zero-order valence-electron chi connectivity index (χ0n) is 10.5. The van der Waals surface area contributed by atoms with Crippen molar-refractivity contribution in [2.24, 2.45) is 0 Å². The summed E-state index contributed by atoms with van der Waals surface area (Å²) in [7, 11) is 0. The number of hydrogen-bond donors (Lipinski definition) is 3. The molecule has 0 saturated heterocycles. The van der Waals surface area contributed by atoms with E-state index < -0.39 is 12.0 Å². The van der Waals surface area contributed by atoms with Gasteiger partial charge in [0.05, 0.1) is 0 Å². The molecule has 1 atom stereocenters. The van der Waals surface area contributed by atoms with Gasteiger partial charge in [0.25, 0.3) is 0 Å². The van der Waals surface area contributed by atoms with Gasteiger partial charge >= 0.3 is 5.97 Å². The second kappa shape index (κ2) is 5.95. The number of nitrogens with one attached hydrogen (secondary N) is 2. The van der Waals surface area contributed by atoms with Crippen LogP contribution in [-0.4, -0.2) is 39.0 Å². The molecule has 0 saturated carbocycles. The summed E-state index contributed by atoms with van der Waals surface area (Å²) in [5.41, 5.74) is -0.0679. The molecule has 0 aliphatic heterocycles. The topological polar surface area (TPSA) is 104 Å². The Balaban J connectivity index is 2.78. The SMILES string of the molecule is CC(C)NC(=O)C(C)Nc1ncncc1C(=O)O. The normalized spacial score (nSPS) is 12.0. The Labute approximate surface area is 105 Å². The Morgan fingerprint density at radius 3 is 2.56 bits per heavy atom. The van der Waals surface area contributed by atoms with E-state index in [0.29, 0.717) is 0 Å². The summed E-state index contributed by atoms with van der Waals surface area (Å²) in [6.07, 6.45) is 2.41. The molecule has 7 nitrogen and oxygen atoms in total. The second-order valence-electron chi connectivity index (χ2n) is 4.12. The third-order valence-electron chi connectivity index (χ3n) is 2.12. The van der Waals surface area contributed by atoms with Crippen molar-refractivity contribution in [2.45, 2.75) is 32.9 Å². The van der Waals surface area contributed by atoms with Crippen molar-refractivity contribution in [1.82, 2.24) is 15.3 Å². The summed E-state index contributed by atoms with van der Waals surface area (Å²) in [6, 6.07) is -0.563. The van der Waals surface area contributed by atoms with Gasteiger partial charge in [-0.2, -0.15) is 0 Å². The van der Waals surface area contributed by atoms with Crippen LogP contribution in [0.4, 0.5) is 5.82 Å². The molecule has 0 fully saturated rings. The van der Waals surface area contributed by atoms with Crippen molar-refractivity contribution in [2.75, 3.05) is 5.32 Å². The van der Waals surface area contributed by atoms with Crippen LogP contribution in [0.25, 0.3) is 0 Å². The number of nitrogens with zero attached hydrogens (tertiary/aromatic N) is 2. The van der Waals surface area contributed by atoms with E-state index in [1.807, 2.05) is 13.8 Å². The van der Waals surface area contributed by atoms with Gasteiger partial charge in [-0.05, 0) is 20.8 Å². The average Bonchev–Trinajstić information content (AvgIpc) is 2.28. The van der Waals surface area contributed by atoms with Crippen molar-refractivity contribution in [1.29, 1.82) is 0 Å². The van der Waals surface area contributed by atoms with E-state index in [1.54, 1.807) is 6.92 Å². The van der Waals surface area contributed by atoms with E-state index in [9.17, 15) is 9.59 Å². The van der Waals surface area contributed by atoms with Crippen LogP contribution in [0.5, 0.6) is 0 Å². The van der Waals surface area contributed by atoms with Crippen LogP contribution >= 0.6 is 0 Å². The molecular weight excluding hydrogens is 236 g/mol. The number of aromatic carboxylic acids is 1. The highest BCUT2D eigenvalue weighted by Crippen LogP contribution is 2.11. The molecule has 1 rings (SSSR count). The quantitative estimate of drug-likeness (QED) is 0.705. The molecule has 1 amide bonds. The number of hydrogen-bond acceptors (Lipinski definition) is 5. The molecule has 1 heterocycles. The molecule has 18 heavy (non-hydrogen) atoms. The zero-order valence-corrected chi connectivity index (χ0v) is 10.5. The van der Waals surface area contributed by atoms with Crippen LogP contribution in [0.2, 0.25) is 0 Å². The van der Waals surface area contributed by atoms with Gasteiger partial charge in [0.2, 0.25) is 5.91 Å². The van der Waals surface area contributed by atoms with Gasteiger partial charge in [-0.25, -0.2) is 14.8 Å². The van der Waals surface area contributed by atoms with Crippen molar-refractivity contribution < 1.29 is 14.7 Å². The molecule has 0 bridgehead atoms. The first-order valence-electron chi connectivity index (χ1n) is 5.52. The molecule has 1 aromatic rings. The van der Waals surface area contributed by atoms with Crippen molar-refractivity contribution in [3.63, 3.8) is 0 Å². The van der Waals surface area contributed by atoms with Crippen molar-refractivity contribution in [3.8, 4) is 0 Å².